The molecule has 0 aliphatic carbocycles. The van der Waals surface area contributed by atoms with Gasteiger partial charge in [0.25, 0.3) is 5.56 Å². The first-order valence-electron chi connectivity index (χ1n) is 6.69. The van der Waals surface area contributed by atoms with E-state index in [1.807, 2.05) is 18.7 Å². The summed E-state index contributed by atoms with van der Waals surface area (Å²) in [5.41, 5.74) is 0.614. The summed E-state index contributed by atoms with van der Waals surface area (Å²) < 4.78 is 1.34. The number of rotatable bonds is 6. The maximum atomic E-state index is 12.1. The molecule has 0 fully saturated rings. The molecule has 0 unspecified atom stereocenters. The molecular weight excluding hydrogens is 290 g/mol. The molecule has 0 aliphatic heterocycles. The van der Waals surface area contributed by atoms with Gasteiger partial charge in [-0.2, -0.15) is 5.10 Å². The number of nitrogens with zero attached hydrogens (tertiary/aromatic N) is 3. The van der Waals surface area contributed by atoms with E-state index in [4.69, 9.17) is 5.11 Å². The third-order valence-electron chi connectivity index (χ3n) is 3.16. The molecule has 0 bridgehead atoms. The Labute approximate surface area is 126 Å². The van der Waals surface area contributed by atoms with Crippen molar-refractivity contribution in [1.29, 1.82) is 0 Å². The molecule has 0 amide bonds. The summed E-state index contributed by atoms with van der Waals surface area (Å²) in [5, 5.41) is 13.1. The highest BCUT2D eigenvalue weighted by Crippen LogP contribution is 2.17. The minimum absolute atomic E-state index is 0.190. The summed E-state index contributed by atoms with van der Waals surface area (Å²) in [4.78, 5) is 26.0. The van der Waals surface area contributed by atoms with Gasteiger partial charge in [0.05, 0.1) is 18.4 Å². The van der Waals surface area contributed by atoms with Gasteiger partial charge in [-0.3, -0.25) is 4.79 Å². The summed E-state index contributed by atoms with van der Waals surface area (Å²) in [6.45, 7) is 5.96. The zero-order valence-electron chi connectivity index (χ0n) is 11.9. The number of carboxylic acid groups (broad SMARTS) is 1. The Morgan fingerprint density at radius 3 is 2.62 bits per heavy atom. The number of carboxylic acids is 1. The van der Waals surface area contributed by atoms with Crippen LogP contribution in [0.25, 0.3) is 0 Å². The van der Waals surface area contributed by atoms with Crippen molar-refractivity contribution in [2.24, 2.45) is 0 Å². The topological polar surface area (TPSA) is 75.4 Å². The number of aromatic carboxylic acids is 1. The molecule has 0 saturated heterocycles. The average molecular weight is 307 g/mol. The van der Waals surface area contributed by atoms with Crippen molar-refractivity contribution in [1.82, 2.24) is 9.78 Å². The van der Waals surface area contributed by atoms with Crippen LogP contribution in [0, 0.1) is 0 Å². The normalized spacial score (nSPS) is 10.6. The Bertz CT molecular complexity index is 689. The van der Waals surface area contributed by atoms with E-state index in [2.05, 4.69) is 5.10 Å². The van der Waals surface area contributed by atoms with Crippen LogP contribution in [0.2, 0.25) is 0 Å². The fraction of sp³-hybridized carbons (Fsp3) is 0.357. The summed E-state index contributed by atoms with van der Waals surface area (Å²) >= 11 is 1.15. The van der Waals surface area contributed by atoms with E-state index in [0.717, 1.165) is 35.0 Å². The van der Waals surface area contributed by atoms with Crippen LogP contribution in [0.5, 0.6) is 0 Å². The largest absolute Gasteiger partial charge is 0.477 e. The van der Waals surface area contributed by atoms with Gasteiger partial charge in [-0.25, -0.2) is 9.48 Å². The van der Waals surface area contributed by atoms with Crippen molar-refractivity contribution in [2.75, 3.05) is 18.0 Å². The van der Waals surface area contributed by atoms with Crippen molar-refractivity contribution >= 4 is 23.0 Å². The fourth-order valence-electron chi connectivity index (χ4n) is 2.03. The second kappa shape index (κ2) is 6.53. The number of anilines is 1. The Balaban J connectivity index is 2.21. The van der Waals surface area contributed by atoms with E-state index < -0.39 is 5.97 Å². The summed E-state index contributed by atoms with van der Waals surface area (Å²) in [7, 11) is 0. The van der Waals surface area contributed by atoms with Crippen molar-refractivity contribution in [3.63, 3.8) is 0 Å². The molecule has 0 atom stereocenters. The minimum atomic E-state index is -0.955. The van der Waals surface area contributed by atoms with Gasteiger partial charge in [0.15, 0.2) is 0 Å². The maximum Gasteiger partial charge on any atom is 0.345 e. The average Bonchev–Trinajstić information content (AvgIpc) is 2.92. The molecule has 2 heterocycles. The van der Waals surface area contributed by atoms with E-state index >= 15 is 0 Å². The smallest absolute Gasteiger partial charge is 0.345 e. The van der Waals surface area contributed by atoms with E-state index in [1.165, 1.54) is 10.7 Å². The molecule has 0 spiro atoms. The number of hydrogen-bond donors (Lipinski definition) is 1. The van der Waals surface area contributed by atoms with Gasteiger partial charge < -0.3 is 10.0 Å². The SMILES string of the molecule is CCN(CC)c1cnn(Cc2ccc(C(=O)O)s2)c(=O)c1. The van der Waals surface area contributed by atoms with Crippen LogP contribution in [-0.4, -0.2) is 33.9 Å². The number of hydrogen-bond acceptors (Lipinski definition) is 5. The number of thiophene rings is 1. The molecule has 0 radical (unpaired) electrons. The third-order valence-corrected chi connectivity index (χ3v) is 4.22. The standard InChI is InChI=1S/C14H17N3O3S/c1-3-16(4-2)10-7-13(18)17(15-8-10)9-11-5-6-12(21-11)14(19)20/h5-8H,3-4,9H2,1-2H3,(H,19,20). The molecule has 112 valence electrons. The predicted octanol–water partition coefficient (Wildman–Crippen LogP) is 1.90. The lowest BCUT2D eigenvalue weighted by atomic mass is 10.3. The minimum Gasteiger partial charge on any atom is -0.477 e. The molecule has 0 aromatic carbocycles. The summed E-state index contributed by atoms with van der Waals surface area (Å²) in [5.74, 6) is -0.955. The van der Waals surface area contributed by atoms with Gasteiger partial charge in [-0.05, 0) is 26.0 Å². The highest BCUT2D eigenvalue weighted by molar-refractivity contribution is 7.13. The molecule has 1 N–H and O–H groups in total. The van der Waals surface area contributed by atoms with Crippen LogP contribution in [-0.2, 0) is 6.54 Å². The first kappa shape index (κ1) is 15.2. The molecule has 0 aliphatic rings. The van der Waals surface area contributed by atoms with Crippen LogP contribution in [0.15, 0.2) is 29.2 Å². The van der Waals surface area contributed by atoms with E-state index in [9.17, 15) is 9.59 Å². The lowest BCUT2D eigenvalue weighted by Crippen LogP contribution is -2.27. The van der Waals surface area contributed by atoms with E-state index in [1.54, 1.807) is 18.3 Å². The monoisotopic (exact) mass is 307 g/mol. The van der Waals surface area contributed by atoms with Crippen LogP contribution in [0.1, 0.15) is 28.4 Å². The number of aromatic nitrogens is 2. The fourth-order valence-corrected chi connectivity index (χ4v) is 2.86. The Hall–Kier alpha value is -2.15. The molecule has 2 aromatic heterocycles. The van der Waals surface area contributed by atoms with Gasteiger partial charge >= 0.3 is 5.97 Å². The van der Waals surface area contributed by atoms with Gasteiger partial charge in [-0.15, -0.1) is 11.3 Å². The first-order valence-corrected chi connectivity index (χ1v) is 7.51. The number of carbonyl (C=O) groups is 1. The highest BCUT2D eigenvalue weighted by Gasteiger charge is 2.09. The van der Waals surface area contributed by atoms with Crippen molar-refractivity contribution in [3.8, 4) is 0 Å². The van der Waals surface area contributed by atoms with E-state index in [-0.39, 0.29) is 17.0 Å². The molecule has 2 rings (SSSR count). The lowest BCUT2D eigenvalue weighted by molar-refractivity contribution is 0.0702. The molecule has 21 heavy (non-hydrogen) atoms. The highest BCUT2D eigenvalue weighted by atomic mass is 32.1. The van der Waals surface area contributed by atoms with Crippen molar-refractivity contribution in [2.45, 2.75) is 20.4 Å². The van der Waals surface area contributed by atoms with Crippen molar-refractivity contribution < 1.29 is 9.90 Å². The van der Waals surface area contributed by atoms with Crippen LogP contribution >= 0.6 is 11.3 Å². The quantitative estimate of drug-likeness (QED) is 0.882. The van der Waals surface area contributed by atoms with Gasteiger partial charge in [0, 0.05) is 24.0 Å². The third kappa shape index (κ3) is 3.49. The molecular formula is C14H17N3O3S. The maximum absolute atomic E-state index is 12.1. The van der Waals surface area contributed by atoms with E-state index in [0.29, 0.717) is 0 Å². The van der Waals surface area contributed by atoms with Crippen LogP contribution in [0.3, 0.4) is 0 Å². The molecule has 6 nitrogen and oxygen atoms in total. The zero-order chi connectivity index (χ0) is 15.4. The zero-order valence-corrected chi connectivity index (χ0v) is 12.8. The Kier molecular flexibility index (Phi) is 4.74. The predicted molar refractivity (Wildman–Crippen MR) is 82.4 cm³/mol. The van der Waals surface area contributed by atoms with Gasteiger partial charge in [0.2, 0.25) is 0 Å². The van der Waals surface area contributed by atoms with Crippen LogP contribution < -0.4 is 10.5 Å². The molecule has 7 heteroatoms. The Morgan fingerprint density at radius 1 is 1.38 bits per heavy atom. The molecule has 2 aromatic rings. The molecule has 0 saturated carbocycles. The van der Waals surface area contributed by atoms with Gasteiger partial charge in [-0.1, -0.05) is 0 Å². The van der Waals surface area contributed by atoms with Gasteiger partial charge in [0.1, 0.15) is 4.88 Å². The second-order valence-corrected chi connectivity index (χ2v) is 5.62. The summed E-state index contributed by atoms with van der Waals surface area (Å²) in [6.07, 6.45) is 1.67. The van der Waals surface area contributed by atoms with Crippen molar-refractivity contribution in [3.05, 3.63) is 44.5 Å². The lowest BCUT2D eigenvalue weighted by Gasteiger charge is -2.20. The summed E-state index contributed by atoms with van der Waals surface area (Å²) in [6, 6.07) is 4.81. The second-order valence-electron chi connectivity index (χ2n) is 4.45. The van der Waals surface area contributed by atoms with Crippen LogP contribution in [0.4, 0.5) is 5.69 Å². The first-order chi connectivity index (χ1) is 10.0. The Morgan fingerprint density at radius 2 is 2.10 bits per heavy atom.